The van der Waals surface area contributed by atoms with Gasteiger partial charge in [-0.2, -0.15) is 0 Å². The monoisotopic (exact) mass is 811 g/mol. The summed E-state index contributed by atoms with van der Waals surface area (Å²) in [6, 6.07) is 0. The summed E-state index contributed by atoms with van der Waals surface area (Å²) < 4.78 is 27.7. The summed E-state index contributed by atoms with van der Waals surface area (Å²) in [6.45, 7) is 50.8. The third-order valence-electron chi connectivity index (χ3n) is 14.2. The molecule has 1 aliphatic rings. The maximum atomic E-state index is 14.8. The number of carbonyl (C=O) groups is 1. The quantitative estimate of drug-likeness (QED) is 0.0619. The molecule has 0 spiro atoms. The largest absolute Gasteiger partial charge is 0.417 e. The van der Waals surface area contributed by atoms with Gasteiger partial charge in [-0.1, -0.05) is 114 Å². The molecular formula is C44H90O5Si4. The van der Waals surface area contributed by atoms with Crippen LogP contribution in [0.25, 0.3) is 0 Å². The van der Waals surface area contributed by atoms with Gasteiger partial charge in [0.05, 0.1) is 23.7 Å². The highest BCUT2D eigenvalue weighted by Gasteiger charge is 2.54. The van der Waals surface area contributed by atoms with E-state index in [1.807, 2.05) is 6.08 Å². The van der Waals surface area contributed by atoms with Crippen LogP contribution in [-0.4, -0.2) is 64.0 Å². The zero-order chi connectivity index (χ0) is 41.5. The Morgan fingerprint density at radius 2 is 1.13 bits per heavy atom. The fraction of sp³-hybridized carbons (Fsp3) is 0.886. The number of ketones is 1. The summed E-state index contributed by atoms with van der Waals surface area (Å²) in [7, 11) is -8.01. The van der Waals surface area contributed by atoms with Crippen molar-refractivity contribution >= 4 is 39.1 Å². The van der Waals surface area contributed by atoms with Gasteiger partial charge in [-0.15, -0.1) is 6.58 Å². The molecule has 312 valence electrons. The van der Waals surface area contributed by atoms with E-state index in [0.29, 0.717) is 18.8 Å². The van der Waals surface area contributed by atoms with Crippen molar-refractivity contribution in [2.24, 2.45) is 5.41 Å². The Bertz CT molecular complexity index is 1170. The number of unbranched alkanes of at least 4 members (excludes halogenated alkanes) is 2. The Labute approximate surface area is 335 Å². The van der Waals surface area contributed by atoms with E-state index in [1.54, 1.807) is 0 Å². The predicted octanol–water partition coefficient (Wildman–Crippen LogP) is 14.4. The number of hydrogen-bond acceptors (Lipinski definition) is 5. The van der Waals surface area contributed by atoms with Crippen molar-refractivity contribution in [3.8, 4) is 0 Å². The molecule has 0 bridgehead atoms. The maximum absolute atomic E-state index is 14.8. The van der Waals surface area contributed by atoms with Crippen molar-refractivity contribution in [3.63, 3.8) is 0 Å². The van der Waals surface area contributed by atoms with Gasteiger partial charge in [0.15, 0.2) is 33.3 Å². The van der Waals surface area contributed by atoms with Crippen LogP contribution in [0.5, 0.6) is 0 Å². The van der Waals surface area contributed by atoms with E-state index < -0.39 is 38.7 Å². The molecule has 0 N–H and O–H groups in total. The zero-order valence-electron chi connectivity index (χ0n) is 39.0. The van der Waals surface area contributed by atoms with Crippen LogP contribution in [0.3, 0.4) is 0 Å². The van der Waals surface area contributed by atoms with Gasteiger partial charge in [0, 0.05) is 13.0 Å². The second kappa shape index (κ2) is 19.1. The molecule has 0 saturated heterocycles. The van der Waals surface area contributed by atoms with Crippen LogP contribution >= 0.6 is 0 Å². The molecule has 0 aromatic carbocycles. The first kappa shape index (κ1) is 50.9. The van der Waals surface area contributed by atoms with E-state index in [0.717, 1.165) is 57.8 Å². The van der Waals surface area contributed by atoms with Crippen LogP contribution in [-0.2, 0) is 22.5 Å². The normalized spacial score (nSPS) is 18.5. The van der Waals surface area contributed by atoms with E-state index in [2.05, 4.69) is 154 Å². The second-order valence-corrected chi connectivity index (χ2v) is 41.6. The topological polar surface area (TPSA) is 54.0 Å². The van der Waals surface area contributed by atoms with Gasteiger partial charge in [0.2, 0.25) is 0 Å². The third-order valence-corrected chi connectivity index (χ3v) is 32.3. The molecule has 0 radical (unpaired) electrons. The summed E-state index contributed by atoms with van der Waals surface area (Å²) in [5.74, 6) is 0.362. The van der Waals surface area contributed by atoms with E-state index in [4.69, 9.17) is 17.7 Å². The van der Waals surface area contributed by atoms with Crippen LogP contribution < -0.4 is 0 Å². The van der Waals surface area contributed by atoms with Gasteiger partial charge >= 0.3 is 0 Å². The van der Waals surface area contributed by atoms with Crippen LogP contribution in [0.2, 0.25) is 72.5 Å². The van der Waals surface area contributed by atoms with Crippen LogP contribution in [0, 0.1) is 5.41 Å². The van der Waals surface area contributed by atoms with Crippen molar-refractivity contribution < 1.29 is 22.5 Å². The Kier molecular flexibility index (Phi) is 18.3. The Balaban J connectivity index is 3.18. The molecule has 0 amide bonds. The number of rotatable bonds is 22. The van der Waals surface area contributed by atoms with Gasteiger partial charge in [0.1, 0.15) is 5.78 Å². The lowest BCUT2D eigenvalue weighted by Gasteiger charge is -2.51. The average molecular weight is 812 g/mol. The standard InChI is InChI=1S/C44H90O5Si4/c1-22-36(47-51(16,17)41(5,6)7)29-26-24-23-25-27-30-37(48-52(18,19)42(8,9)10)35-38(45)44(32-28-33-44)39(49-53(20,21)43(11,12)13)31-34-46-50(14,15)40(2,3)4/h22,24,26,36-37,39H,1,23,25,27-35H2,2-21H3. The van der Waals surface area contributed by atoms with Crippen molar-refractivity contribution in [1.82, 2.24) is 0 Å². The smallest absolute Gasteiger partial charge is 0.192 e. The Morgan fingerprint density at radius 1 is 0.660 bits per heavy atom. The Morgan fingerprint density at radius 3 is 1.57 bits per heavy atom. The number of carbonyl (C=O) groups excluding carboxylic acids is 1. The van der Waals surface area contributed by atoms with E-state index >= 15 is 0 Å². The molecule has 3 atom stereocenters. The van der Waals surface area contributed by atoms with Gasteiger partial charge in [0.25, 0.3) is 0 Å². The first-order chi connectivity index (χ1) is 23.7. The van der Waals surface area contributed by atoms with E-state index in [1.165, 1.54) is 0 Å². The average Bonchev–Trinajstić information content (AvgIpc) is 2.92. The molecule has 0 aromatic heterocycles. The van der Waals surface area contributed by atoms with Crippen LogP contribution in [0.1, 0.15) is 147 Å². The lowest BCUT2D eigenvalue weighted by molar-refractivity contribution is -0.145. The number of Topliss-reactive ketones (excluding diaryl/α,β-unsaturated/α-hetero) is 1. The van der Waals surface area contributed by atoms with Crippen molar-refractivity contribution in [1.29, 1.82) is 0 Å². The fourth-order valence-corrected chi connectivity index (χ4v) is 11.1. The van der Waals surface area contributed by atoms with Gasteiger partial charge in [-0.3, -0.25) is 4.79 Å². The van der Waals surface area contributed by atoms with Crippen molar-refractivity contribution in [2.75, 3.05) is 6.61 Å². The van der Waals surface area contributed by atoms with Gasteiger partial charge in [-0.05, 0) is 117 Å². The van der Waals surface area contributed by atoms with Crippen LogP contribution in [0.15, 0.2) is 24.8 Å². The number of allylic oxidation sites excluding steroid dienone is 1. The fourth-order valence-electron chi connectivity index (χ4n) is 5.89. The molecular weight excluding hydrogens is 721 g/mol. The lowest BCUT2D eigenvalue weighted by atomic mass is 9.61. The number of hydrogen-bond donors (Lipinski definition) is 0. The summed E-state index contributed by atoms with van der Waals surface area (Å²) >= 11 is 0. The van der Waals surface area contributed by atoms with Gasteiger partial charge in [-0.25, -0.2) is 0 Å². The first-order valence-corrected chi connectivity index (χ1v) is 32.8. The molecule has 1 rings (SSSR count). The highest BCUT2D eigenvalue weighted by atomic mass is 28.4. The molecule has 3 unspecified atom stereocenters. The van der Waals surface area contributed by atoms with Crippen LogP contribution in [0.4, 0.5) is 0 Å². The first-order valence-electron chi connectivity index (χ1n) is 21.1. The molecule has 1 aliphatic carbocycles. The summed E-state index contributed by atoms with van der Waals surface area (Å²) in [6.07, 6.45) is 15.5. The van der Waals surface area contributed by atoms with Crippen molar-refractivity contribution in [3.05, 3.63) is 24.8 Å². The summed E-state index contributed by atoms with van der Waals surface area (Å²) in [4.78, 5) is 14.8. The molecule has 1 saturated carbocycles. The maximum Gasteiger partial charge on any atom is 0.192 e. The van der Waals surface area contributed by atoms with E-state index in [9.17, 15) is 4.79 Å². The minimum atomic E-state index is -2.15. The van der Waals surface area contributed by atoms with Crippen molar-refractivity contribution in [2.45, 2.75) is 238 Å². The third kappa shape index (κ3) is 14.6. The summed E-state index contributed by atoms with van der Waals surface area (Å²) in [5.41, 5.74) is -0.446. The second-order valence-electron chi connectivity index (χ2n) is 22.5. The molecule has 53 heavy (non-hydrogen) atoms. The highest BCUT2D eigenvalue weighted by molar-refractivity contribution is 6.75. The molecule has 9 heteroatoms. The summed E-state index contributed by atoms with van der Waals surface area (Å²) in [5, 5.41) is 0.461. The zero-order valence-corrected chi connectivity index (χ0v) is 43.0. The SMILES string of the molecule is C=CC(CC=CCCCCC(CC(=O)C1(C(CCO[Si](C)(C)C(C)(C)C)O[Si](C)(C)C(C)(C)C)CCC1)O[Si](C)(C)C(C)(C)C)O[Si](C)(C)C(C)(C)C. The molecule has 5 nitrogen and oxygen atoms in total. The molecule has 0 aliphatic heterocycles. The lowest BCUT2D eigenvalue weighted by Crippen LogP contribution is -2.56. The van der Waals surface area contributed by atoms with Gasteiger partial charge < -0.3 is 17.7 Å². The minimum Gasteiger partial charge on any atom is -0.417 e. The minimum absolute atomic E-state index is 0.0578. The molecule has 0 heterocycles. The molecule has 0 aromatic rings. The predicted molar refractivity (Wildman–Crippen MR) is 242 cm³/mol. The highest BCUT2D eigenvalue weighted by Crippen LogP contribution is 2.51. The molecule has 1 fully saturated rings. The van der Waals surface area contributed by atoms with E-state index in [-0.39, 0.29) is 38.5 Å². The Hall–Kier alpha value is -0.142.